The molecule has 1 unspecified atom stereocenters. The molecule has 0 saturated carbocycles. The number of hydrogen-bond acceptors (Lipinski definition) is 5. The summed E-state index contributed by atoms with van der Waals surface area (Å²) in [7, 11) is 0. The normalized spacial score (nSPS) is 13.5. The van der Waals surface area contributed by atoms with Crippen LogP contribution >= 0.6 is 0 Å². The van der Waals surface area contributed by atoms with E-state index in [1.807, 2.05) is 0 Å². The maximum Gasteiger partial charge on any atom is 0.152 e. The Hall–Kier alpha value is -1.36. The molecule has 0 aromatic carbocycles. The maximum absolute atomic E-state index is 9.79. The van der Waals surface area contributed by atoms with Crippen molar-refractivity contribution in [3.05, 3.63) is 12.5 Å². The molecule has 1 heterocycles. The van der Waals surface area contributed by atoms with Crippen LogP contribution in [0.5, 0.6) is 0 Å². The number of hydrogen-bond donors (Lipinski definition) is 3. The molecule has 4 N–H and O–H groups in total. The van der Waals surface area contributed by atoms with Crippen LogP contribution in [0.25, 0.3) is 0 Å². The Bertz CT molecular complexity index is 335. The van der Waals surface area contributed by atoms with Crippen LogP contribution in [0, 0.1) is 5.41 Å². The van der Waals surface area contributed by atoms with Crippen molar-refractivity contribution in [3.8, 4) is 0 Å². The van der Waals surface area contributed by atoms with Crippen LogP contribution in [0.3, 0.4) is 0 Å². The third-order valence-electron chi connectivity index (χ3n) is 2.09. The summed E-state index contributed by atoms with van der Waals surface area (Å²) in [4.78, 5) is 7.78. The second-order valence-corrected chi connectivity index (χ2v) is 5.13. The van der Waals surface area contributed by atoms with Gasteiger partial charge in [-0.15, -0.1) is 0 Å². The van der Waals surface area contributed by atoms with Crippen molar-refractivity contribution in [2.24, 2.45) is 5.41 Å². The van der Waals surface area contributed by atoms with Crippen LogP contribution in [0.15, 0.2) is 12.5 Å². The van der Waals surface area contributed by atoms with E-state index in [2.05, 4.69) is 36.1 Å². The highest BCUT2D eigenvalue weighted by atomic mass is 16.3. The highest BCUT2D eigenvalue weighted by molar-refractivity contribution is 5.58. The van der Waals surface area contributed by atoms with Gasteiger partial charge in [-0.1, -0.05) is 20.8 Å². The minimum Gasteiger partial charge on any atom is -0.394 e. The van der Waals surface area contributed by atoms with Crippen LogP contribution in [0.4, 0.5) is 11.5 Å². The first-order valence-electron chi connectivity index (χ1n) is 5.36. The summed E-state index contributed by atoms with van der Waals surface area (Å²) in [6.45, 7) is 6.72. The van der Waals surface area contributed by atoms with Gasteiger partial charge in [0.1, 0.15) is 6.33 Å². The van der Waals surface area contributed by atoms with E-state index < -0.39 is 6.10 Å². The molecule has 0 radical (unpaired) electrons. The monoisotopic (exact) mass is 224 g/mol. The molecule has 90 valence electrons. The minimum atomic E-state index is -0.408. The number of anilines is 2. The van der Waals surface area contributed by atoms with Crippen molar-refractivity contribution < 1.29 is 5.11 Å². The fourth-order valence-electron chi connectivity index (χ4n) is 1.48. The molecule has 0 bridgehead atoms. The van der Waals surface area contributed by atoms with Gasteiger partial charge < -0.3 is 16.2 Å². The van der Waals surface area contributed by atoms with Gasteiger partial charge >= 0.3 is 0 Å². The molecule has 1 aromatic rings. The first kappa shape index (κ1) is 12.7. The lowest BCUT2D eigenvalue weighted by molar-refractivity contribution is 0.132. The van der Waals surface area contributed by atoms with Gasteiger partial charge in [0.15, 0.2) is 5.82 Å². The van der Waals surface area contributed by atoms with Gasteiger partial charge in [-0.05, 0) is 11.8 Å². The SMILES string of the molecule is CC(C)(C)CC(O)CNc1ncncc1N. The lowest BCUT2D eigenvalue weighted by Crippen LogP contribution is -2.25. The molecule has 1 aromatic heterocycles. The van der Waals surface area contributed by atoms with Gasteiger partial charge in [0.25, 0.3) is 0 Å². The Labute approximate surface area is 96.1 Å². The van der Waals surface area contributed by atoms with E-state index in [1.165, 1.54) is 12.5 Å². The van der Waals surface area contributed by atoms with Crippen molar-refractivity contribution in [3.63, 3.8) is 0 Å². The minimum absolute atomic E-state index is 0.109. The molecule has 16 heavy (non-hydrogen) atoms. The van der Waals surface area contributed by atoms with E-state index in [0.717, 1.165) is 6.42 Å². The Balaban J connectivity index is 2.43. The van der Waals surface area contributed by atoms with Crippen LogP contribution in [-0.4, -0.2) is 27.7 Å². The van der Waals surface area contributed by atoms with Crippen molar-refractivity contribution in [1.29, 1.82) is 0 Å². The molecule has 1 atom stereocenters. The zero-order valence-electron chi connectivity index (χ0n) is 10.1. The predicted molar refractivity (Wildman–Crippen MR) is 65.0 cm³/mol. The highest BCUT2D eigenvalue weighted by Crippen LogP contribution is 2.21. The largest absolute Gasteiger partial charge is 0.394 e. The number of nitrogens with two attached hydrogens (primary N) is 1. The third kappa shape index (κ3) is 4.44. The molecular weight excluding hydrogens is 204 g/mol. The Kier molecular flexibility index (Phi) is 4.06. The van der Waals surface area contributed by atoms with Gasteiger partial charge in [0.2, 0.25) is 0 Å². The zero-order valence-corrected chi connectivity index (χ0v) is 10.1. The predicted octanol–water partition coefficient (Wildman–Crippen LogP) is 1.27. The number of aromatic nitrogens is 2. The lowest BCUT2D eigenvalue weighted by atomic mass is 9.89. The van der Waals surface area contributed by atoms with Crippen LogP contribution in [-0.2, 0) is 0 Å². The average molecular weight is 224 g/mol. The molecule has 0 aliphatic rings. The van der Waals surface area contributed by atoms with Crippen LogP contribution < -0.4 is 11.1 Å². The Morgan fingerprint density at radius 3 is 2.75 bits per heavy atom. The molecule has 0 amide bonds. The van der Waals surface area contributed by atoms with Crippen molar-refractivity contribution in [2.75, 3.05) is 17.6 Å². The first-order chi connectivity index (χ1) is 7.38. The van der Waals surface area contributed by atoms with Crippen molar-refractivity contribution in [2.45, 2.75) is 33.3 Å². The van der Waals surface area contributed by atoms with Gasteiger partial charge in [-0.2, -0.15) is 0 Å². The van der Waals surface area contributed by atoms with E-state index in [-0.39, 0.29) is 5.41 Å². The standard InChI is InChI=1S/C11H20N4O/c1-11(2,3)4-8(16)5-14-10-9(12)6-13-7-15-10/h6-8,16H,4-5,12H2,1-3H3,(H,13,14,15). The van der Waals surface area contributed by atoms with Crippen LogP contribution in [0.1, 0.15) is 27.2 Å². The van der Waals surface area contributed by atoms with Gasteiger partial charge in [-0.3, -0.25) is 0 Å². The number of nitrogens with one attached hydrogen (secondary N) is 1. The summed E-state index contributed by atoms with van der Waals surface area (Å²) in [6, 6.07) is 0. The number of nitrogen functional groups attached to an aromatic ring is 1. The third-order valence-corrected chi connectivity index (χ3v) is 2.09. The number of nitrogens with zero attached hydrogens (tertiary/aromatic N) is 2. The second-order valence-electron chi connectivity index (χ2n) is 5.13. The maximum atomic E-state index is 9.79. The van der Waals surface area contributed by atoms with Crippen LogP contribution in [0.2, 0.25) is 0 Å². The summed E-state index contributed by atoms with van der Waals surface area (Å²) in [5.74, 6) is 0.572. The fourth-order valence-corrected chi connectivity index (χ4v) is 1.48. The quantitative estimate of drug-likeness (QED) is 0.717. The fraction of sp³-hybridized carbons (Fsp3) is 0.636. The van der Waals surface area contributed by atoms with Crippen molar-refractivity contribution >= 4 is 11.5 Å². The van der Waals surface area contributed by atoms with E-state index in [4.69, 9.17) is 5.73 Å². The molecule has 0 aliphatic carbocycles. The zero-order chi connectivity index (χ0) is 12.2. The molecule has 5 heteroatoms. The molecule has 5 nitrogen and oxygen atoms in total. The van der Waals surface area contributed by atoms with Gasteiger partial charge in [-0.25, -0.2) is 9.97 Å². The summed E-state index contributed by atoms with van der Waals surface area (Å²) in [6.07, 6.45) is 3.28. The topological polar surface area (TPSA) is 84.1 Å². The first-order valence-corrected chi connectivity index (χ1v) is 5.36. The smallest absolute Gasteiger partial charge is 0.152 e. The summed E-state index contributed by atoms with van der Waals surface area (Å²) >= 11 is 0. The van der Waals surface area contributed by atoms with E-state index in [9.17, 15) is 5.11 Å². The molecule has 0 saturated heterocycles. The van der Waals surface area contributed by atoms with E-state index in [1.54, 1.807) is 0 Å². The van der Waals surface area contributed by atoms with Gasteiger partial charge in [0, 0.05) is 6.54 Å². The summed E-state index contributed by atoms with van der Waals surface area (Å²) in [5.41, 5.74) is 6.27. The molecular formula is C11H20N4O. The second kappa shape index (κ2) is 5.12. The molecule has 0 spiro atoms. The average Bonchev–Trinajstić information content (AvgIpc) is 2.14. The highest BCUT2D eigenvalue weighted by Gasteiger charge is 2.16. The summed E-state index contributed by atoms with van der Waals surface area (Å²) in [5, 5.41) is 12.8. The molecule has 0 fully saturated rings. The number of aliphatic hydroxyl groups is 1. The van der Waals surface area contributed by atoms with E-state index >= 15 is 0 Å². The Morgan fingerprint density at radius 1 is 1.50 bits per heavy atom. The molecule has 1 rings (SSSR count). The molecule has 0 aliphatic heterocycles. The van der Waals surface area contributed by atoms with Gasteiger partial charge in [0.05, 0.1) is 18.0 Å². The van der Waals surface area contributed by atoms with Crippen molar-refractivity contribution in [1.82, 2.24) is 9.97 Å². The summed E-state index contributed by atoms with van der Waals surface area (Å²) < 4.78 is 0. The Morgan fingerprint density at radius 2 is 2.19 bits per heavy atom. The number of rotatable bonds is 4. The van der Waals surface area contributed by atoms with E-state index in [0.29, 0.717) is 18.1 Å². The lowest BCUT2D eigenvalue weighted by Gasteiger charge is -2.22. The number of aliphatic hydroxyl groups excluding tert-OH is 1.